The molecule has 31 heavy (non-hydrogen) atoms. The number of rotatable bonds is 5. The summed E-state index contributed by atoms with van der Waals surface area (Å²) in [6.07, 6.45) is 0. The molecule has 0 aliphatic rings. The Kier molecular flexibility index (Phi) is 5.16. The van der Waals surface area contributed by atoms with E-state index in [1.54, 1.807) is 36.4 Å². The number of aromatic amines is 1. The largest absolute Gasteiger partial charge is 0.494 e. The van der Waals surface area contributed by atoms with E-state index in [1.807, 2.05) is 0 Å². The van der Waals surface area contributed by atoms with Crippen LogP contribution in [-0.4, -0.2) is 22.6 Å². The zero-order valence-electron chi connectivity index (χ0n) is 16.7. The molecule has 0 spiro atoms. The van der Waals surface area contributed by atoms with Crippen molar-refractivity contribution in [3.05, 3.63) is 92.1 Å². The third-order valence-electron chi connectivity index (χ3n) is 4.84. The van der Waals surface area contributed by atoms with Crippen LogP contribution in [0.1, 0.15) is 21.7 Å². The monoisotopic (exact) mass is 423 g/mol. The van der Waals surface area contributed by atoms with Gasteiger partial charge in [-0.05, 0) is 36.8 Å². The average molecular weight is 423 g/mol. The van der Waals surface area contributed by atoms with Crippen molar-refractivity contribution in [3.8, 4) is 11.4 Å². The van der Waals surface area contributed by atoms with Gasteiger partial charge in [0.1, 0.15) is 11.1 Å². The first-order valence-electron chi connectivity index (χ1n) is 9.35. The minimum atomic E-state index is -0.682. The van der Waals surface area contributed by atoms with Crippen LogP contribution >= 0.6 is 0 Å². The number of para-hydroxylation sites is 1. The molecule has 2 N–H and O–H groups in total. The average Bonchev–Trinajstić information content (AvgIpc) is 3.08. The molecule has 0 atom stereocenters. The Morgan fingerprint density at radius 3 is 2.61 bits per heavy atom. The van der Waals surface area contributed by atoms with Crippen LogP contribution in [0.3, 0.4) is 0 Å². The molecule has 0 aliphatic heterocycles. The maximum absolute atomic E-state index is 13.9. The second kappa shape index (κ2) is 7.94. The highest BCUT2D eigenvalue weighted by molar-refractivity contribution is 6.06. The van der Waals surface area contributed by atoms with Gasteiger partial charge in [0.25, 0.3) is 11.5 Å². The zero-order chi connectivity index (χ0) is 22.1. The Labute approximate surface area is 174 Å². The molecule has 2 aromatic heterocycles. The fourth-order valence-electron chi connectivity index (χ4n) is 3.37. The third kappa shape index (κ3) is 3.61. The topological polar surface area (TPSA) is 106 Å². The number of halogens is 1. The predicted molar refractivity (Wildman–Crippen MR) is 111 cm³/mol. The van der Waals surface area contributed by atoms with Crippen molar-refractivity contribution in [2.75, 3.05) is 7.11 Å². The van der Waals surface area contributed by atoms with Crippen molar-refractivity contribution in [2.45, 2.75) is 13.5 Å². The molecule has 0 radical (unpaired) electrons. The Bertz CT molecular complexity index is 1400. The van der Waals surface area contributed by atoms with Crippen molar-refractivity contribution in [3.63, 3.8) is 0 Å². The standard InChI is InChI=1S/C22H18FN3O5/c1-12-17(19(27)24-11-13-8-9-16(30-2)15(23)10-13)18-20(31-12)25-22(29)26(21(18)28)14-6-4-3-5-7-14/h3-10H,11H2,1-2H3,(H,24,27)(H,25,29). The van der Waals surface area contributed by atoms with Gasteiger partial charge in [-0.25, -0.2) is 13.8 Å². The summed E-state index contributed by atoms with van der Waals surface area (Å²) in [6, 6.07) is 12.7. The van der Waals surface area contributed by atoms with Crippen LogP contribution in [0.5, 0.6) is 5.75 Å². The first-order valence-corrected chi connectivity index (χ1v) is 9.35. The Balaban J connectivity index is 1.73. The van der Waals surface area contributed by atoms with Crippen molar-refractivity contribution in [2.24, 2.45) is 0 Å². The van der Waals surface area contributed by atoms with Crippen LogP contribution in [0.25, 0.3) is 16.8 Å². The smallest absolute Gasteiger partial charge is 0.335 e. The van der Waals surface area contributed by atoms with Crippen LogP contribution in [0.4, 0.5) is 4.39 Å². The van der Waals surface area contributed by atoms with Gasteiger partial charge in [0.15, 0.2) is 11.6 Å². The lowest BCUT2D eigenvalue weighted by atomic mass is 10.1. The molecule has 1 amide bonds. The summed E-state index contributed by atoms with van der Waals surface area (Å²) in [6.45, 7) is 1.54. The Hall–Kier alpha value is -4.14. The lowest BCUT2D eigenvalue weighted by Gasteiger charge is -2.08. The number of H-pyrrole nitrogens is 1. The molecule has 2 aromatic carbocycles. The predicted octanol–water partition coefficient (Wildman–Crippen LogP) is 2.66. The van der Waals surface area contributed by atoms with E-state index in [1.165, 1.54) is 26.2 Å². The number of aryl methyl sites for hydroxylation is 1. The van der Waals surface area contributed by atoms with E-state index in [0.29, 0.717) is 11.3 Å². The van der Waals surface area contributed by atoms with Gasteiger partial charge in [-0.15, -0.1) is 0 Å². The van der Waals surface area contributed by atoms with Crippen LogP contribution in [-0.2, 0) is 6.54 Å². The van der Waals surface area contributed by atoms with E-state index in [-0.39, 0.29) is 34.7 Å². The number of fused-ring (bicyclic) bond motifs is 1. The summed E-state index contributed by atoms with van der Waals surface area (Å²) in [5, 5.41) is 2.61. The first-order chi connectivity index (χ1) is 14.9. The lowest BCUT2D eigenvalue weighted by molar-refractivity contribution is 0.0950. The Morgan fingerprint density at radius 2 is 1.94 bits per heavy atom. The SMILES string of the molecule is COc1ccc(CNC(=O)c2c(C)oc3[nH]c(=O)n(-c4ccccc4)c(=O)c23)cc1F. The molecule has 158 valence electrons. The molecule has 0 unspecified atom stereocenters. The van der Waals surface area contributed by atoms with Crippen LogP contribution in [0, 0.1) is 12.7 Å². The summed E-state index contributed by atoms with van der Waals surface area (Å²) in [5.41, 5.74) is -0.572. The third-order valence-corrected chi connectivity index (χ3v) is 4.84. The number of hydrogen-bond acceptors (Lipinski definition) is 5. The highest BCUT2D eigenvalue weighted by Crippen LogP contribution is 2.21. The molecule has 0 fully saturated rings. The maximum atomic E-state index is 13.9. The fraction of sp³-hybridized carbons (Fsp3) is 0.136. The highest BCUT2D eigenvalue weighted by Gasteiger charge is 2.24. The van der Waals surface area contributed by atoms with Crippen molar-refractivity contribution in [1.82, 2.24) is 14.9 Å². The molecule has 0 saturated heterocycles. The number of nitrogens with zero attached hydrogens (tertiary/aromatic N) is 1. The van der Waals surface area contributed by atoms with Crippen LogP contribution in [0.2, 0.25) is 0 Å². The molecule has 2 heterocycles. The van der Waals surface area contributed by atoms with Gasteiger partial charge >= 0.3 is 5.69 Å². The normalized spacial score (nSPS) is 10.9. The second-order valence-electron chi connectivity index (χ2n) is 6.80. The van der Waals surface area contributed by atoms with Gasteiger partial charge in [-0.1, -0.05) is 24.3 Å². The van der Waals surface area contributed by atoms with Crippen LogP contribution < -0.4 is 21.3 Å². The number of hydrogen-bond donors (Lipinski definition) is 2. The number of amides is 1. The molecule has 0 bridgehead atoms. The van der Waals surface area contributed by atoms with E-state index in [4.69, 9.17) is 9.15 Å². The van der Waals surface area contributed by atoms with Gasteiger partial charge in [0.2, 0.25) is 5.71 Å². The summed E-state index contributed by atoms with van der Waals surface area (Å²) >= 11 is 0. The van der Waals surface area contributed by atoms with Crippen LogP contribution in [0.15, 0.2) is 62.5 Å². The van der Waals surface area contributed by atoms with E-state index in [2.05, 4.69) is 10.3 Å². The first kappa shape index (κ1) is 20.1. The molecular weight excluding hydrogens is 405 g/mol. The number of aromatic nitrogens is 2. The summed E-state index contributed by atoms with van der Waals surface area (Å²) in [5.74, 6) is -0.872. The van der Waals surface area contributed by atoms with E-state index < -0.39 is 23.0 Å². The molecule has 4 aromatic rings. The molecule has 4 rings (SSSR count). The molecule has 0 aliphatic carbocycles. The van der Waals surface area contributed by atoms with Crippen molar-refractivity contribution >= 4 is 17.0 Å². The summed E-state index contributed by atoms with van der Waals surface area (Å²) < 4.78 is 25.2. The number of methoxy groups -OCH3 is 1. The van der Waals surface area contributed by atoms with Crippen molar-refractivity contribution < 1.29 is 18.3 Å². The maximum Gasteiger partial charge on any atom is 0.335 e. The number of benzene rings is 2. The second-order valence-corrected chi connectivity index (χ2v) is 6.80. The van der Waals surface area contributed by atoms with Gasteiger partial charge in [0.05, 0.1) is 18.4 Å². The van der Waals surface area contributed by atoms with Gasteiger partial charge < -0.3 is 14.5 Å². The van der Waals surface area contributed by atoms with Gasteiger partial charge in [0, 0.05) is 6.54 Å². The van der Waals surface area contributed by atoms with Crippen molar-refractivity contribution in [1.29, 1.82) is 0 Å². The van der Waals surface area contributed by atoms with E-state index in [0.717, 1.165) is 4.57 Å². The lowest BCUT2D eigenvalue weighted by Crippen LogP contribution is -2.34. The summed E-state index contributed by atoms with van der Waals surface area (Å²) in [7, 11) is 1.36. The molecule has 9 heteroatoms. The zero-order valence-corrected chi connectivity index (χ0v) is 16.7. The quantitative estimate of drug-likeness (QED) is 0.513. The van der Waals surface area contributed by atoms with E-state index >= 15 is 0 Å². The fourth-order valence-corrected chi connectivity index (χ4v) is 3.37. The number of carbonyl (C=O) groups excluding carboxylic acids is 1. The molecule has 8 nitrogen and oxygen atoms in total. The Morgan fingerprint density at radius 1 is 1.19 bits per heavy atom. The molecule has 0 saturated carbocycles. The van der Waals surface area contributed by atoms with Gasteiger partial charge in [-0.3, -0.25) is 14.6 Å². The molecular formula is C22H18FN3O5. The minimum absolute atomic E-state index is 0.00918. The minimum Gasteiger partial charge on any atom is -0.494 e. The highest BCUT2D eigenvalue weighted by atomic mass is 19.1. The number of furan rings is 1. The van der Waals surface area contributed by atoms with Gasteiger partial charge in [-0.2, -0.15) is 0 Å². The number of ether oxygens (including phenoxy) is 1. The van der Waals surface area contributed by atoms with E-state index in [9.17, 15) is 18.8 Å². The summed E-state index contributed by atoms with van der Waals surface area (Å²) in [4.78, 5) is 40.9. The number of carbonyl (C=O) groups is 1. The number of nitrogens with one attached hydrogen (secondary N) is 2.